The summed E-state index contributed by atoms with van der Waals surface area (Å²) >= 11 is 12.0. The monoisotopic (exact) mass is 544 g/mol. The van der Waals surface area contributed by atoms with E-state index in [1.54, 1.807) is 6.07 Å². The SMILES string of the molecule is COc1cc(C(N)=O)ccc1NC(=O)[C@@H]1NC[C@@]2(C(=O)Nc3nc(Cl)ncc32)[C@H]1c1cccc(Cl)c1F. The molecule has 1 aromatic heterocycles. The zero-order valence-corrected chi connectivity index (χ0v) is 20.7. The number of hydrogen-bond acceptors (Lipinski definition) is 7. The zero-order valence-electron chi connectivity index (χ0n) is 19.1. The van der Waals surface area contributed by atoms with Gasteiger partial charge in [-0.3, -0.25) is 14.4 Å². The smallest absolute Gasteiger partial charge is 0.248 e. The van der Waals surface area contributed by atoms with Crippen LogP contribution in [0.15, 0.2) is 42.6 Å². The summed E-state index contributed by atoms with van der Waals surface area (Å²) in [5.74, 6) is -3.17. The number of aromatic nitrogens is 2. The summed E-state index contributed by atoms with van der Waals surface area (Å²) in [6, 6.07) is 7.58. The quantitative estimate of drug-likeness (QED) is 0.360. The largest absolute Gasteiger partial charge is 0.495 e. The number of fused-ring (bicyclic) bond motifs is 2. The van der Waals surface area contributed by atoms with Gasteiger partial charge in [-0.15, -0.1) is 0 Å². The van der Waals surface area contributed by atoms with Crippen molar-refractivity contribution in [2.75, 3.05) is 24.3 Å². The van der Waals surface area contributed by atoms with Crippen LogP contribution in [0.25, 0.3) is 0 Å². The van der Waals surface area contributed by atoms with Crippen molar-refractivity contribution < 1.29 is 23.5 Å². The molecule has 0 unspecified atom stereocenters. The number of carbonyl (C=O) groups is 3. The standard InChI is InChI=1S/C24H19Cl2FN6O4/c1-37-15-7-10(19(28)34)5-6-14(15)31-21(35)18-16(11-3-2-4-13(25)17(11)27)24(9-30-18)12-8-29-23(26)33-20(12)32-22(24)36/h2-8,16,18,30H,9H2,1H3,(H2,28,34)(H,31,35)(H,29,32,33,36)/t16-,18+,24-/m0/s1. The van der Waals surface area contributed by atoms with Gasteiger partial charge < -0.3 is 26.4 Å². The summed E-state index contributed by atoms with van der Waals surface area (Å²) in [4.78, 5) is 46.7. The van der Waals surface area contributed by atoms with E-state index in [0.717, 1.165) is 0 Å². The van der Waals surface area contributed by atoms with Gasteiger partial charge in [-0.2, -0.15) is 0 Å². The summed E-state index contributed by atoms with van der Waals surface area (Å²) < 4.78 is 20.7. The molecule has 5 N–H and O–H groups in total. The van der Waals surface area contributed by atoms with E-state index in [9.17, 15) is 14.4 Å². The van der Waals surface area contributed by atoms with Crippen LogP contribution in [0.2, 0.25) is 10.3 Å². The average molecular weight is 545 g/mol. The van der Waals surface area contributed by atoms with Crippen molar-refractivity contribution in [2.24, 2.45) is 5.73 Å². The summed E-state index contributed by atoms with van der Waals surface area (Å²) in [6.45, 7) is -0.0245. The molecule has 1 saturated heterocycles. The highest BCUT2D eigenvalue weighted by molar-refractivity contribution is 6.30. The second-order valence-electron chi connectivity index (χ2n) is 8.57. The van der Waals surface area contributed by atoms with Crippen LogP contribution in [-0.2, 0) is 15.0 Å². The lowest BCUT2D eigenvalue weighted by molar-refractivity contribution is -0.121. The molecule has 37 heavy (non-hydrogen) atoms. The van der Waals surface area contributed by atoms with Crippen molar-refractivity contribution in [1.82, 2.24) is 15.3 Å². The molecule has 2 aliphatic heterocycles. The number of methoxy groups -OCH3 is 1. The van der Waals surface area contributed by atoms with Crippen LogP contribution in [0.5, 0.6) is 5.75 Å². The maximum atomic E-state index is 15.4. The van der Waals surface area contributed by atoms with Crippen LogP contribution in [0.3, 0.4) is 0 Å². The van der Waals surface area contributed by atoms with Gasteiger partial charge in [-0.1, -0.05) is 23.7 Å². The number of anilines is 2. The van der Waals surface area contributed by atoms with Crippen LogP contribution in [-0.4, -0.2) is 47.4 Å². The van der Waals surface area contributed by atoms with Crippen molar-refractivity contribution in [2.45, 2.75) is 17.4 Å². The molecule has 2 aromatic carbocycles. The Kier molecular flexibility index (Phi) is 6.22. The lowest BCUT2D eigenvalue weighted by Gasteiger charge is -2.31. The molecule has 3 aromatic rings. The molecule has 3 heterocycles. The highest BCUT2D eigenvalue weighted by Gasteiger charge is 2.62. The number of amides is 3. The predicted octanol–water partition coefficient (Wildman–Crippen LogP) is 2.61. The van der Waals surface area contributed by atoms with Crippen LogP contribution >= 0.6 is 23.2 Å². The minimum absolute atomic E-state index is 0.0245. The third-order valence-electron chi connectivity index (χ3n) is 6.69. The average Bonchev–Trinajstić information content (AvgIpc) is 3.39. The Balaban J connectivity index is 1.60. The van der Waals surface area contributed by atoms with Gasteiger partial charge in [0.15, 0.2) is 0 Å². The first kappa shape index (κ1) is 24.9. The van der Waals surface area contributed by atoms with E-state index >= 15 is 4.39 Å². The Morgan fingerprint density at radius 1 is 1.27 bits per heavy atom. The Hall–Kier alpha value is -3.80. The predicted molar refractivity (Wildman–Crippen MR) is 133 cm³/mol. The summed E-state index contributed by atoms with van der Waals surface area (Å²) in [5, 5.41) is 8.26. The van der Waals surface area contributed by atoms with Gasteiger partial charge in [0.1, 0.15) is 22.8 Å². The minimum atomic E-state index is -1.44. The number of carbonyl (C=O) groups excluding carboxylic acids is 3. The Bertz CT molecular complexity index is 1470. The summed E-state index contributed by atoms with van der Waals surface area (Å²) in [7, 11) is 1.37. The van der Waals surface area contributed by atoms with Crippen molar-refractivity contribution in [1.29, 1.82) is 0 Å². The van der Waals surface area contributed by atoms with Gasteiger partial charge in [-0.25, -0.2) is 14.4 Å². The van der Waals surface area contributed by atoms with E-state index in [0.29, 0.717) is 5.56 Å². The van der Waals surface area contributed by atoms with Crippen LogP contribution in [0.4, 0.5) is 15.9 Å². The third kappa shape index (κ3) is 3.95. The molecule has 2 aliphatic rings. The third-order valence-corrected chi connectivity index (χ3v) is 7.16. The number of benzene rings is 2. The molecule has 0 radical (unpaired) electrons. The molecule has 5 rings (SSSR count). The second kappa shape index (κ2) is 9.25. The first-order valence-corrected chi connectivity index (χ1v) is 11.7. The van der Waals surface area contributed by atoms with Crippen LogP contribution in [0.1, 0.15) is 27.4 Å². The fourth-order valence-corrected chi connectivity index (χ4v) is 5.31. The number of ether oxygens (including phenoxy) is 1. The van der Waals surface area contributed by atoms with E-state index in [2.05, 4.69) is 25.9 Å². The summed E-state index contributed by atoms with van der Waals surface area (Å²) in [5.41, 5.74) is 4.76. The number of nitrogens with zero attached hydrogens (tertiary/aromatic N) is 2. The fourth-order valence-electron chi connectivity index (χ4n) is 5.00. The van der Waals surface area contributed by atoms with Crippen molar-refractivity contribution >= 4 is 52.4 Å². The topological polar surface area (TPSA) is 148 Å². The van der Waals surface area contributed by atoms with Crippen molar-refractivity contribution in [3.63, 3.8) is 0 Å². The number of halogens is 3. The summed E-state index contributed by atoms with van der Waals surface area (Å²) in [6.07, 6.45) is 1.39. The van der Waals surface area contributed by atoms with E-state index in [4.69, 9.17) is 33.7 Å². The molecule has 190 valence electrons. The zero-order chi connectivity index (χ0) is 26.5. The Morgan fingerprint density at radius 3 is 2.78 bits per heavy atom. The molecule has 0 saturated carbocycles. The molecular formula is C24H19Cl2FN6O4. The first-order chi connectivity index (χ1) is 17.7. The normalized spacial score (nSPS) is 22.0. The molecule has 0 bridgehead atoms. The van der Waals surface area contributed by atoms with E-state index in [1.165, 1.54) is 43.6 Å². The molecule has 0 aliphatic carbocycles. The molecule has 10 nitrogen and oxygen atoms in total. The highest BCUT2D eigenvalue weighted by Crippen LogP contribution is 2.52. The minimum Gasteiger partial charge on any atom is -0.495 e. The van der Waals surface area contributed by atoms with Gasteiger partial charge in [0.25, 0.3) is 0 Å². The maximum absolute atomic E-state index is 15.4. The maximum Gasteiger partial charge on any atom is 0.248 e. The van der Waals surface area contributed by atoms with Gasteiger partial charge >= 0.3 is 0 Å². The number of primary amides is 1. The van der Waals surface area contributed by atoms with Crippen LogP contribution < -0.4 is 26.4 Å². The lowest BCUT2D eigenvalue weighted by atomic mass is 9.68. The fraction of sp³-hybridized carbons (Fsp3) is 0.208. The number of rotatable bonds is 5. The van der Waals surface area contributed by atoms with Crippen LogP contribution in [0, 0.1) is 5.82 Å². The molecule has 13 heteroatoms. The highest BCUT2D eigenvalue weighted by atomic mass is 35.5. The molecular weight excluding hydrogens is 526 g/mol. The van der Waals surface area contributed by atoms with Gasteiger partial charge in [0, 0.05) is 29.8 Å². The Morgan fingerprint density at radius 2 is 2.05 bits per heavy atom. The molecule has 1 fully saturated rings. The molecule has 1 spiro atoms. The van der Waals surface area contributed by atoms with Gasteiger partial charge in [0.05, 0.1) is 23.9 Å². The van der Waals surface area contributed by atoms with Gasteiger partial charge in [0.2, 0.25) is 23.0 Å². The van der Waals surface area contributed by atoms with E-state index < -0.39 is 40.9 Å². The van der Waals surface area contributed by atoms with E-state index in [-0.39, 0.29) is 45.2 Å². The Labute approximate surface area is 219 Å². The van der Waals surface area contributed by atoms with Crippen molar-refractivity contribution in [3.05, 3.63) is 75.4 Å². The number of hydrogen-bond donors (Lipinski definition) is 4. The molecule has 3 amide bonds. The van der Waals surface area contributed by atoms with E-state index in [1.807, 2.05) is 0 Å². The molecule has 3 atom stereocenters. The van der Waals surface area contributed by atoms with Crippen molar-refractivity contribution in [3.8, 4) is 5.75 Å². The first-order valence-electron chi connectivity index (χ1n) is 11.0. The number of nitrogens with two attached hydrogens (primary N) is 1. The lowest BCUT2D eigenvalue weighted by Crippen LogP contribution is -2.44. The number of nitrogens with one attached hydrogen (secondary N) is 3. The van der Waals surface area contributed by atoms with Gasteiger partial charge in [-0.05, 0) is 41.4 Å². The second-order valence-corrected chi connectivity index (χ2v) is 9.32.